The maximum atomic E-state index is 11.9. The zero-order chi connectivity index (χ0) is 12.8. The molecule has 0 aromatic carbocycles. The maximum absolute atomic E-state index is 11.9. The van der Waals surface area contributed by atoms with Crippen LogP contribution in [0.15, 0.2) is 0 Å². The Kier molecular flexibility index (Phi) is 5.25. The first-order chi connectivity index (χ1) is 8.04. The van der Waals surface area contributed by atoms with Crippen LogP contribution in [0.3, 0.4) is 0 Å². The van der Waals surface area contributed by atoms with Crippen LogP contribution >= 0.6 is 0 Å². The molecule has 0 spiro atoms. The van der Waals surface area contributed by atoms with Crippen molar-refractivity contribution in [1.29, 1.82) is 0 Å². The van der Waals surface area contributed by atoms with E-state index in [0.717, 1.165) is 25.7 Å². The minimum Gasteiger partial charge on any atom is -0.480 e. The Hall–Kier alpha value is -1.26. The summed E-state index contributed by atoms with van der Waals surface area (Å²) in [4.78, 5) is 24.0. The summed E-state index contributed by atoms with van der Waals surface area (Å²) in [5, 5.41) is 11.7. The van der Waals surface area contributed by atoms with Crippen LogP contribution in [0, 0.1) is 5.92 Å². The minimum atomic E-state index is -0.965. The molecule has 2 atom stereocenters. The Labute approximate surface area is 102 Å². The maximum Gasteiger partial charge on any atom is 0.323 e. The van der Waals surface area contributed by atoms with E-state index in [4.69, 9.17) is 5.11 Å². The van der Waals surface area contributed by atoms with Crippen molar-refractivity contribution in [3.05, 3.63) is 0 Å². The van der Waals surface area contributed by atoms with Crippen molar-refractivity contribution in [3.63, 3.8) is 0 Å². The summed E-state index contributed by atoms with van der Waals surface area (Å²) in [6.45, 7) is 4.32. The van der Waals surface area contributed by atoms with Crippen molar-refractivity contribution < 1.29 is 14.7 Å². The Balaban J connectivity index is 2.49. The monoisotopic (exact) mass is 242 g/mol. The van der Waals surface area contributed by atoms with Gasteiger partial charge in [-0.3, -0.25) is 4.79 Å². The molecule has 1 saturated carbocycles. The Bertz CT molecular complexity index is 281. The summed E-state index contributed by atoms with van der Waals surface area (Å²) < 4.78 is 0. The predicted molar refractivity (Wildman–Crippen MR) is 64.8 cm³/mol. The molecule has 17 heavy (non-hydrogen) atoms. The lowest BCUT2D eigenvalue weighted by Crippen LogP contribution is -2.47. The highest BCUT2D eigenvalue weighted by atomic mass is 16.4. The fourth-order valence-electron chi connectivity index (χ4n) is 2.30. The first-order valence-corrected chi connectivity index (χ1v) is 6.31. The van der Waals surface area contributed by atoms with E-state index in [2.05, 4.69) is 12.2 Å². The molecule has 2 amide bonds. The van der Waals surface area contributed by atoms with Gasteiger partial charge >= 0.3 is 12.0 Å². The van der Waals surface area contributed by atoms with Gasteiger partial charge in [0.15, 0.2) is 0 Å². The third-order valence-electron chi connectivity index (χ3n) is 3.28. The number of aliphatic carboxylic acids is 1. The van der Waals surface area contributed by atoms with Gasteiger partial charge in [0.2, 0.25) is 0 Å². The van der Waals surface area contributed by atoms with Crippen molar-refractivity contribution >= 4 is 12.0 Å². The zero-order valence-corrected chi connectivity index (χ0v) is 10.6. The fourth-order valence-corrected chi connectivity index (χ4v) is 2.30. The number of amides is 2. The molecule has 0 aromatic heterocycles. The summed E-state index contributed by atoms with van der Waals surface area (Å²) in [6, 6.07) is -0.0383. The van der Waals surface area contributed by atoms with Crippen LogP contribution in [-0.4, -0.2) is 41.1 Å². The quantitative estimate of drug-likeness (QED) is 0.770. The molecule has 2 N–H and O–H groups in total. The number of hydrogen-bond donors (Lipinski definition) is 2. The highest BCUT2D eigenvalue weighted by Gasteiger charge is 2.26. The molecule has 0 aromatic rings. The third kappa shape index (κ3) is 4.24. The molecule has 0 aliphatic heterocycles. The van der Waals surface area contributed by atoms with Crippen LogP contribution in [0.25, 0.3) is 0 Å². The van der Waals surface area contributed by atoms with Crippen LogP contribution in [0.4, 0.5) is 4.79 Å². The Morgan fingerprint density at radius 3 is 2.59 bits per heavy atom. The molecule has 0 heterocycles. The average molecular weight is 242 g/mol. The number of carboxylic acid groups (broad SMARTS) is 1. The van der Waals surface area contributed by atoms with Gasteiger partial charge in [-0.25, -0.2) is 4.79 Å². The van der Waals surface area contributed by atoms with Gasteiger partial charge in [-0.2, -0.15) is 0 Å². The van der Waals surface area contributed by atoms with E-state index in [9.17, 15) is 9.59 Å². The molecule has 1 fully saturated rings. The molecule has 0 bridgehead atoms. The Morgan fingerprint density at radius 2 is 2.12 bits per heavy atom. The van der Waals surface area contributed by atoms with Crippen LogP contribution in [0.5, 0.6) is 0 Å². The largest absolute Gasteiger partial charge is 0.480 e. The van der Waals surface area contributed by atoms with Gasteiger partial charge in [-0.1, -0.05) is 20.3 Å². The molecule has 0 radical (unpaired) electrons. The number of urea groups is 1. The number of nitrogens with one attached hydrogen (secondary N) is 1. The SMILES string of the molecule is CCCN(CC(=O)O)C(=O)NC1CCCC1C. The van der Waals surface area contributed by atoms with E-state index in [1.54, 1.807) is 0 Å². The molecule has 5 nitrogen and oxygen atoms in total. The highest BCUT2D eigenvalue weighted by molar-refractivity contribution is 5.80. The first-order valence-electron chi connectivity index (χ1n) is 6.31. The molecular formula is C12H22N2O3. The standard InChI is InChI=1S/C12H22N2O3/c1-3-7-14(8-11(15)16)12(17)13-10-6-4-5-9(10)2/h9-10H,3-8H2,1-2H3,(H,13,17)(H,15,16). The topological polar surface area (TPSA) is 69.6 Å². The number of hydrogen-bond acceptors (Lipinski definition) is 2. The minimum absolute atomic E-state index is 0.204. The number of carbonyl (C=O) groups excluding carboxylic acids is 1. The summed E-state index contributed by atoms with van der Waals surface area (Å²) >= 11 is 0. The fraction of sp³-hybridized carbons (Fsp3) is 0.833. The molecule has 1 aliphatic rings. The average Bonchev–Trinajstić information content (AvgIpc) is 2.63. The van der Waals surface area contributed by atoms with Gasteiger partial charge in [-0.05, 0) is 25.2 Å². The van der Waals surface area contributed by atoms with Gasteiger partial charge in [0, 0.05) is 12.6 Å². The smallest absolute Gasteiger partial charge is 0.323 e. The van der Waals surface area contributed by atoms with Crippen LogP contribution < -0.4 is 5.32 Å². The van der Waals surface area contributed by atoms with E-state index in [1.165, 1.54) is 4.90 Å². The van der Waals surface area contributed by atoms with Crippen molar-refractivity contribution in [2.45, 2.75) is 45.6 Å². The number of carboxylic acids is 1. The molecule has 5 heteroatoms. The van der Waals surface area contributed by atoms with Crippen LogP contribution in [0.2, 0.25) is 0 Å². The lowest BCUT2D eigenvalue weighted by molar-refractivity contribution is -0.137. The second kappa shape index (κ2) is 6.47. The van der Waals surface area contributed by atoms with Gasteiger partial charge < -0.3 is 15.3 Å². The van der Waals surface area contributed by atoms with Crippen molar-refractivity contribution in [3.8, 4) is 0 Å². The van der Waals surface area contributed by atoms with Gasteiger partial charge in [0.1, 0.15) is 6.54 Å². The molecule has 0 saturated heterocycles. The van der Waals surface area contributed by atoms with E-state index in [-0.39, 0.29) is 18.6 Å². The summed E-state index contributed by atoms with van der Waals surface area (Å²) in [5.41, 5.74) is 0. The van der Waals surface area contributed by atoms with Crippen molar-refractivity contribution in [2.24, 2.45) is 5.92 Å². The summed E-state index contributed by atoms with van der Waals surface area (Å²) in [5.74, 6) is -0.472. The molecule has 98 valence electrons. The van der Waals surface area contributed by atoms with Crippen molar-refractivity contribution in [2.75, 3.05) is 13.1 Å². The Morgan fingerprint density at radius 1 is 1.41 bits per heavy atom. The van der Waals surface area contributed by atoms with E-state index in [1.807, 2.05) is 6.92 Å². The van der Waals surface area contributed by atoms with Gasteiger partial charge in [-0.15, -0.1) is 0 Å². The predicted octanol–water partition coefficient (Wildman–Crippen LogP) is 1.68. The van der Waals surface area contributed by atoms with Crippen LogP contribution in [0.1, 0.15) is 39.5 Å². The zero-order valence-electron chi connectivity index (χ0n) is 10.6. The summed E-state index contributed by atoms with van der Waals surface area (Å²) in [6.07, 6.45) is 4.04. The number of carbonyl (C=O) groups is 2. The second-order valence-electron chi connectivity index (χ2n) is 4.78. The number of rotatable bonds is 5. The lowest BCUT2D eigenvalue weighted by Gasteiger charge is -2.24. The first kappa shape index (κ1) is 13.8. The lowest BCUT2D eigenvalue weighted by atomic mass is 10.1. The van der Waals surface area contributed by atoms with Gasteiger partial charge in [0.05, 0.1) is 0 Å². The normalized spacial score (nSPS) is 23.4. The summed E-state index contributed by atoms with van der Waals surface area (Å²) in [7, 11) is 0. The van der Waals surface area contributed by atoms with E-state index >= 15 is 0 Å². The number of nitrogens with zero attached hydrogens (tertiary/aromatic N) is 1. The van der Waals surface area contributed by atoms with Crippen LogP contribution in [-0.2, 0) is 4.79 Å². The molecule has 1 rings (SSSR count). The second-order valence-corrected chi connectivity index (χ2v) is 4.78. The molecule has 2 unspecified atom stereocenters. The van der Waals surface area contributed by atoms with Gasteiger partial charge in [0.25, 0.3) is 0 Å². The van der Waals surface area contributed by atoms with E-state index in [0.29, 0.717) is 12.5 Å². The third-order valence-corrected chi connectivity index (χ3v) is 3.28. The highest BCUT2D eigenvalue weighted by Crippen LogP contribution is 2.24. The van der Waals surface area contributed by atoms with Crippen molar-refractivity contribution in [1.82, 2.24) is 10.2 Å². The van der Waals surface area contributed by atoms with E-state index < -0.39 is 5.97 Å². The molecular weight excluding hydrogens is 220 g/mol. The molecule has 1 aliphatic carbocycles.